The Hall–Kier alpha value is -3.34. The van der Waals surface area contributed by atoms with Gasteiger partial charge in [-0.15, -0.1) is 0 Å². The molecule has 0 saturated carbocycles. The first-order valence-corrected chi connectivity index (χ1v) is 6.95. The molecule has 2 rings (SSSR count). The van der Waals surface area contributed by atoms with Crippen molar-refractivity contribution in [3.63, 3.8) is 0 Å². The van der Waals surface area contributed by atoms with E-state index in [1.165, 1.54) is 24.4 Å². The fourth-order valence-corrected chi connectivity index (χ4v) is 1.89. The van der Waals surface area contributed by atoms with Gasteiger partial charge in [0.2, 0.25) is 5.91 Å². The van der Waals surface area contributed by atoms with Crippen molar-refractivity contribution in [2.24, 2.45) is 0 Å². The maximum atomic E-state index is 12.6. The number of carbonyl (C=O) groups is 1. The fraction of sp³-hybridized carbons (Fsp3) is 0.118. The molecule has 1 aromatic heterocycles. The van der Waals surface area contributed by atoms with Gasteiger partial charge in [0.1, 0.15) is 18.4 Å². The number of carbonyl (C=O) groups excluding carboxylic acids is 1. The fourth-order valence-electron chi connectivity index (χ4n) is 1.89. The number of alkyl halides is 3. The molecule has 1 heterocycles. The van der Waals surface area contributed by atoms with Gasteiger partial charge < -0.3 is 10.1 Å². The first-order valence-electron chi connectivity index (χ1n) is 6.95. The van der Waals surface area contributed by atoms with Crippen LogP contribution in [-0.2, 0) is 17.6 Å². The summed E-state index contributed by atoms with van der Waals surface area (Å²) in [6.07, 6.45) is -1.43. The van der Waals surface area contributed by atoms with Crippen LogP contribution in [0.3, 0.4) is 0 Å². The van der Waals surface area contributed by atoms with Crippen LogP contribution in [0.25, 0.3) is 0 Å². The largest absolute Gasteiger partial charge is 0.489 e. The molecular formula is C17H12F3N3O2. The van der Waals surface area contributed by atoms with E-state index in [9.17, 15) is 18.0 Å². The Morgan fingerprint density at radius 3 is 2.76 bits per heavy atom. The number of hydrogen-bond acceptors (Lipinski definition) is 4. The zero-order chi connectivity index (χ0) is 18.4. The van der Waals surface area contributed by atoms with Crippen molar-refractivity contribution in [1.29, 1.82) is 5.26 Å². The predicted octanol–water partition coefficient (Wildman–Crippen LogP) is 3.68. The summed E-state index contributed by atoms with van der Waals surface area (Å²) in [5.41, 5.74) is -0.207. The number of nitrogens with zero attached hydrogens (tertiary/aromatic N) is 2. The number of benzene rings is 1. The van der Waals surface area contributed by atoms with Crippen LogP contribution < -0.4 is 10.1 Å². The summed E-state index contributed by atoms with van der Waals surface area (Å²) in [6, 6.07) is 7.16. The summed E-state index contributed by atoms with van der Waals surface area (Å²) in [5, 5.41) is 11.6. The summed E-state index contributed by atoms with van der Waals surface area (Å²) in [6.45, 7) is 3.16. The number of ether oxygens (including phenoxy) is 1. The Morgan fingerprint density at radius 1 is 1.36 bits per heavy atom. The topological polar surface area (TPSA) is 75.0 Å². The van der Waals surface area contributed by atoms with Crippen LogP contribution in [0.2, 0.25) is 0 Å². The number of anilines is 1. The first-order chi connectivity index (χ1) is 11.8. The monoisotopic (exact) mass is 347 g/mol. The van der Waals surface area contributed by atoms with E-state index in [1.807, 2.05) is 6.07 Å². The van der Waals surface area contributed by atoms with E-state index in [0.29, 0.717) is 0 Å². The van der Waals surface area contributed by atoms with Crippen molar-refractivity contribution in [2.75, 3.05) is 5.32 Å². The highest BCUT2D eigenvalue weighted by Crippen LogP contribution is 2.29. The molecule has 0 unspecified atom stereocenters. The Kier molecular flexibility index (Phi) is 5.39. The third kappa shape index (κ3) is 4.81. The van der Waals surface area contributed by atoms with Gasteiger partial charge in [0, 0.05) is 24.0 Å². The average Bonchev–Trinajstić information content (AvgIpc) is 2.60. The van der Waals surface area contributed by atoms with Gasteiger partial charge in [0.05, 0.1) is 16.8 Å². The van der Waals surface area contributed by atoms with Crippen LogP contribution in [0.15, 0.2) is 49.3 Å². The van der Waals surface area contributed by atoms with Gasteiger partial charge in [-0.2, -0.15) is 18.4 Å². The second-order valence-electron chi connectivity index (χ2n) is 4.88. The van der Waals surface area contributed by atoms with Crippen molar-refractivity contribution in [2.45, 2.75) is 12.8 Å². The minimum atomic E-state index is -4.48. The minimum Gasteiger partial charge on any atom is -0.489 e. The molecule has 8 heteroatoms. The number of pyridine rings is 1. The number of nitrogens with one attached hydrogen (secondary N) is 1. The average molecular weight is 347 g/mol. The van der Waals surface area contributed by atoms with Crippen LogP contribution in [-0.4, -0.2) is 10.9 Å². The van der Waals surface area contributed by atoms with Crippen LogP contribution >= 0.6 is 0 Å². The molecule has 0 bridgehead atoms. The van der Waals surface area contributed by atoms with Crippen molar-refractivity contribution >= 4 is 11.6 Å². The highest BCUT2D eigenvalue weighted by atomic mass is 19.4. The van der Waals surface area contributed by atoms with E-state index in [-0.39, 0.29) is 29.2 Å². The zero-order valence-corrected chi connectivity index (χ0v) is 12.8. The number of hydrogen-bond donors (Lipinski definition) is 1. The highest BCUT2D eigenvalue weighted by Gasteiger charge is 2.31. The van der Waals surface area contributed by atoms with Gasteiger partial charge in [-0.1, -0.05) is 6.58 Å². The third-order valence-corrected chi connectivity index (χ3v) is 3.08. The van der Waals surface area contributed by atoms with Gasteiger partial charge in [-0.25, -0.2) is 0 Å². The van der Waals surface area contributed by atoms with Crippen LogP contribution in [0.4, 0.5) is 18.9 Å². The standard InChI is InChI=1S/C17H12F3N3O2/c1-2-16(24)23-15-4-3-14(6-12(15)7-21)25-10-11-5-13(9-22-8-11)17(18,19)20/h2-6,8-9H,1,10H2,(H,23,24). The maximum Gasteiger partial charge on any atom is 0.417 e. The van der Waals surface area contributed by atoms with E-state index in [1.54, 1.807) is 0 Å². The minimum absolute atomic E-state index is 0.148. The number of nitriles is 1. The molecule has 0 aliphatic rings. The van der Waals surface area contributed by atoms with Gasteiger partial charge >= 0.3 is 6.18 Å². The summed E-state index contributed by atoms with van der Waals surface area (Å²) in [5.74, 6) is -0.203. The molecule has 2 aromatic rings. The molecule has 1 amide bonds. The number of amides is 1. The molecule has 0 atom stereocenters. The predicted molar refractivity (Wildman–Crippen MR) is 83.6 cm³/mol. The normalized spacial score (nSPS) is 10.6. The van der Waals surface area contributed by atoms with E-state index < -0.39 is 17.6 Å². The van der Waals surface area contributed by atoms with Crippen molar-refractivity contribution in [1.82, 2.24) is 4.98 Å². The summed E-state index contributed by atoms with van der Waals surface area (Å²) >= 11 is 0. The lowest BCUT2D eigenvalue weighted by molar-refractivity contribution is -0.137. The second kappa shape index (κ2) is 7.49. The van der Waals surface area contributed by atoms with Crippen molar-refractivity contribution in [3.05, 3.63) is 66.0 Å². The lowest BCUT2D eigenvalue weighted by atomic mass is 10.1. The molecule has 0 fully saturated rings. The highest BCUT2D eigenvalue weighted by molar-refractivity contribution is 5.99. The second-order valence-corrected chi connectivity index (χ2v) is 4.88. The summed E-state index contributed by atoms with van der Waals surface area (Å²) in [7, 11) is 0. The number of aromatic nitrogens is 1. The summed E-state index contributed by atoms with van der Waals surface area (Å²) < 4.78 is 43.3. The molecule has 0 saturated heterocycles. The summed E-state index contributed by atoms with van der Waals surface area (Å²) in [4.78, 5) is 14.8. The molecule has 0 aliphatic carbocycles. The van der Waals surface area contributed by atoms with Gasteiger partial charge in [0.15, 0.2) is 0 Å². The van der Waals surface area contributed by atoms with E-state index in [2.05, 4.69) is 16.9 Å². The van der Waals surface area contributed by atoms with Crippen LogP contribution in [0, 0.1) is 11.3 Å². The van der Waals surface area contributed by atoms with Gasteiger partial charge in [-0.05, 0) is 24.3 Å². The molecule has 0 aliphatic heterocycles. The van der Waals surface area contributed by atoms with E-state index in [4.69, 9.17) is 10.00 Å². The SMILES string of the molecule is C=CC(=O)Nc1ccc(OCc2cncc(C(F)(F)F)c2)cc1C#N. The van der Waals surface area contributed by atoms with Crippen LogP contribution in [0.5, 0.6) is 5.75 Å². The lowest BCUT2D eigenvalue weighted by Gasteiger charge is -2.11. The molecule has 128 valence electrons. The van der Waals surface area contributed by atoms with Gasteiger partial charge in [0.25, 0.3) is 0 Å². The molecule has 0 radical (unpaired) electrons. The van der Waals surface area contributed by atoms with Crippen molar-refractivity contribution in [3.8, 4) is 11.8 Å². The third-order valence-electron chi connectivity index (χ3n) is 3.08. The first kappa shape index (κ1) is 18.0. The molecule has 5 nitrogen and oxygen atoms in total. The number of rotatable bonds is 5. The Bertz CT molecular complexity index is 842. The maximum absolute atomic E-state index is 12.6. The quantitative estimate of drug-likeness (QED) is 0.838. The molecule has 0 spiro atoms. The Balaban J connectivity index is 2.12. The Labute approximate surface area is 141 Å². The van der Waals surface area contributed by atoms with Gasteiger partial charge in [-0.3, -0.25) is 9.78 Å². The van der Waals surface area contributed by atoms with E-state index in [0.717, 1.165) is 18.3 Å². The number of halogens is 3. The zero-order valence-electron chi connectivity index (χ0n) is 12.8. The van der Waals surface area contributed by atoms with Crippen molar-refractivity contribution < 1.29 is 22.7 Å². The molecular weight excluding hydrogens is 335 g/mol. The Morgan fingerprint density at radius 2 is 2.12 bits per heavy atom. The van der Waals surface area contributed by atoms with Crippen LogP contribution in [0.1, 0.15) is 16.7 Å². The molecule has 25 heavy (non-hydrogen) atoms. The van der Waals surface area contributed by atoms with E-state index >= 15 is 0 Å². The smallest absolute Gasteiger partial charge is 0.417 e. The molecule has 1 aromatic carbocycles. The lowest BCUT2D eigenvalue weighted by Crippen LogP contribution is -2.09. The molecule has 1 N–H and O–H groups in total.